The quantitative estimate of drug-likeness (QED) is 0.545. The Balaban J connectivity index is 4.41. The Labute approximate surface area is 73.0 Å². The van der Waals surface area contributed by atoms with Crippen LogP contribution < -0.4 is 0 Å². The predicted molar refractivity (Wildman–Crippen MR) is 42.0 cm³/mol. The van der Waals surface area contributed by atoms with Crippen molar-refractivity contribution in [3.05, 3.63) is 12.8 Å². The van der Waals surface area contributed by atoms with Crippen LogP contribution in [0.3, 0.4) is 0 Å². The monoisotopic (exact) mass is 308 g/mol. The SMILES string of the molecule is C=CN=C([C](C)=[W])N(C)C. The standard InChI is InChI=1S/C7H12N2.W/c1-5-7(8-6-2)9(3)4;/h6H,2H2,1,3-4H3;. The van der Waals surface area contributed by atoms with Crippen molar-refractivity contribution >= 4 is 9.73 Å². The van der Waals surface area contributed by atoms with Gasteiger partial charge in [-0.15, -0.1) is 0 Å². The molecule has 0 aromatic rings. The van der Waals surface area contributed by atoms with Crippen molar-refractivity contribution in [2.24, 2.45) is 4.99 Å². The van der Waals surface area contributed by atoms with Gasteiger partial charge in [-0.05, 0) is 0 Å². The molecule has 0 atom stereocenters. The van der Waals surface area contributed by atoms with E-state index in [1.54, 1.807) is 6.20 Å². The molecule has 0 radical (unpaired) electrons. The molecular weight excluding hydrogens is 296 g/mol. The number of aliphatic imine (C=N–C) groups is 1. The normalized spacial score (nSPS) is 10.9. The van der Waals surface area contributed by atoms with Gasteiger partial charge in [-0.1, -0.05) is 0 Å². The van der Waals surface area contributed by atoms with Crippen LogP contribution in [0, 0.1) is 0 Å². The first-order valence-corrected chi connectivity index (χ1v) is 4.43. The van der Waals surface area contributed by atoms with Crippen LogP contribution in [0.15, 0.2) is 17.8 Å². The summed E-state index contributed by atoms with van der Waals surface area (Å²) in [7, 11) is 3.96. The summed E-state index contributed by atoms with van der Waals surface area (Å²) in [6.45, 7) is 5.61. The maximum atomic E-state index is 4.11. The second-order valence-electron chi connectivity index (χ2n) is 2.09. The van der Waals surface area contributed by atoms with Gasteiger partial charge in [0.15, 0.2) is 0 Å². The average Bonchev–Trinajstić information content (AvgIpc) is 1.81. The Hall–Kier alpha value is -0.232. The molecule has 0 aromatic heterocycles. The second-order valence-corrected chi connectivity index (χ2v) is 4.29. The average molecular weight is 308 g/mol. The minimum atomic E-state index is 1.02. The van der Waals surface area contributed by atoms with Crippen LogP contribution in [-0.2, 0) is 19.4 Å². The predicted octanol–water partition coefficient (Wildman–Crippen LogP) is 0.829. The fourth-order valence-corrected chi connectivity index (χ4v) is 1.45. The molecule has 0 N–H and O–H groups in total. The Morgan fingerprint density at radius 1 is 1.60 bits per heavy atom. The molecule has 10 heavy (non-hydrogen) atoms. The van der Waals surface area contributed by atoms with Crippen LogP contribution in [-0.4, -0.2) is 28.7 Å². The summed E-state index contributed by atoms with van der Waals surface area (Å²) in [5.41, 5.74) is 0. The molecule has 0 saturated carbocycles. The van der Waals surface area contributed by atoms with Gasteiger partial charge in [0.1, 0.15) is 0 Å². The third kappa shape index (κ3) is 3.07. The van der Waals surface area contributed by atoms with Gasteiger partial charge in [0.2, 0.25) is 0 Å². The molecule has 0 fully saturated rings. The fraction of sp³-hybridized carbons (Fsp3) is 0.429. The summed E-state index contributed by atoms with van der Waals surface area (Å²) in [5, 5.41) is 0. The van der Waals surface area contributed by atoms with E-state index in [4.69, 9.17) is 0 Å². The molecule has 0 amide bonds. The van der Waals surface area contributed by atoms with Gasteiger partial charge in [0.05, 0.1) is 0 Å². The molecule has 0 heterocycles. The molecule has 0 aliphatic heterocycles. The minimum absolute atomic E-state index is 1.02. The van der Waals surface area contributed by atoms with Gasteiger partial charge in [0, 0.05) is 0 Å². The number of hydrogen-bond donors (Lipinski definition) is 0. The van der Waals surface area contributed by atoms with Crippen molar-refractivity contribution < 1.29 is 19.4 Å². The summed E-state index contributed by atoms with van der Waals surface area (Å²) in [6, 6.07) is 0. The Kier molecular flexibility index (Phi) is 4.46. The molecule has 0 saturated heterocycles. The first-order chi connectivity index (χ1) is 4.59. The number of rotatable bonds is 2. The van der Waals surface area contributed by atoms with Gasteiger partial charge < -0.3 is 0 Å². The van der Waals surface area contributed by atoms with E-state index in [-0.39, 0.29) is 0 Å². The number of nitrogens with zero attached hydrogens (tertiary/aromatic N) is 2. The Morgan fingerprint density at radius 3 is 2.20 bits per heavy atom. The summed E-state index contributed by atoms with van der Waals surface area (Å²) in [6.07, 6.45) is 1.57. The fourth-order valence-electron chi connectivity index (χ4n) is 0.608. The van der Waals surface area contributed by atoms with E-state index in [1.165, 1.54) is 23.3 Å². The molecule has 3 heteroatoms. The van der Waals surface area contributed by atoms with Crippen LogP contribution in [0.2, 0.25) is 0 Å². The Bertz CT molecular complexity index is 170. The van der Waals surface area contributed by atoms with Crippen LogP contribution in [0.4, 0.5) is 0 Å². The van der Waals surface area contributed by atoms with E-state index in [2.05, 4.69) is 18.5 Å². The van der Waals surface area contributed by atoms with E-state index < -0.39 is 0 Å². The van der Waals surface area contributed by atoms with Crippen molar-refractivity contribution in [1.82, 2.24) is 4.90 Å². The van der Waals surface area contributed by atoms with Gasteiger partial charge in [-0.2, -0.15) is 0 Å². The van der Waals surface area contributed by atoms with Gasteiger partial charge in [-0.3, -0.25) is 0 Å². The van der Waals surface area contributed by atoms with Crippen LogP contribution in [0.1, 0.15) is 6.92 Å². The zero-order valence-electron chi connectivity index (χ0n) is 6.59. The third-order valence-corrected chi connectivity index (χ3v) is 1.61. The summed E-state index contributed by atoms with van der Waals surface area (Å²) >= 11 is 1.45. The topological polar surface area (TPSA) is 15.6 Å². The third-order valence-electron chi connectivity index (χ3n) is 0.952. The first kappa shape index (κ1) is 9.77. The second kappa shape index (κ2) is 4.56. The van der Waals surface area contributed by atoms with E-state index in [0.717, 1.165) is 5.84 Å². The number of amidine groups is 1. The van der Waals surface area contributed by atoms with E-state index in [1.807, 2.05) is 19.0 Å². The van der Waals surface area contributed by atoms with Crippen molar-refractivity contribution in [2.45, 2.75) is 6.92 Å². The van der Waals surface area contributed by atoms with Crippen LogP contribution >= 0.6 is 0 Å². The van der Waals surface area contributed by atoms with E-state index in [9.17, 15) is 0 Å². The molecule has 0 spiro atoms. The van der Waals surface area contributed by atoms with E-state index in [0.29, 0.717) is 0 Å². The summed E-state index contributed by atoms with van der Waals surface area (Å²) < 4.78 is 1.28. The molecule has 0 aliphatic carbocycles. The molecule has 0 aliphatic rings. The zero-order valence-corrected chi connectivity index (χ0v) is 9.52. The van der Waals surface area contributed by atoms with Crippen LogP contribution in [0.5, 0.6) is 0 Å². The van der Waals surface area contributed by atoms with Crippen LogP contribution in [0.25, 0.3) is 0 Å². The number of hydrogen-bond acceptors (Lipinski definition) is 1. The Morgan fingerprint density at radius 2 is 2.10 bits per heavy atom. The summed E-state index contributed by atoms with van der Waals surface area (Å²) in [5.74, 6) is 1.02. The maximum absolute atomic E-state index is 4.11. The van der Waals surface area contributed by atoms with Crippen molar-refractivity contribution in [3.8, 4) is 0 Å². The van der Waals surface area contributed by atoms with Crippen molar-refractivity contribution in [1.29, 1.82) is 0 Å². The van der Waals surface area contributed by atoms with Gasteiger partial charge >= 0.3 is 72.8 Å². The van der Waals surface area contributed by atoms with Gasteiger partial charge in [-0.25, -0.2) is 0 Å². The molecule has 0 aromatic carbocycles. The van der Waals surface area contributed by atoms with Gasteiger partial charge in [0.25, 0.3) is 0 Å². The van der Waals surface area contributed by atoms with E-state index >= 15 is 0 Å². The molecule has 0 rings (SSSR count). The zero-order chi connectivity index (χ0) is 8.15. The molecule has 56 valence electrons. The summed E-state index contributed by atoms with van der Waals surface area (Å²) in [4.78, 5) is 6.10. The van der Waals surface area contributed by atoms with Crippen molar-refractivity contribution in [2.75, 3.05) is 14.1 Å². The molecule has 0 unspecified atom stereocenters. The molecule has 0 bridgehead atoms. The first-order valence-electron chi connectivity index (χ1n) is 2.96. The molecule has 2 nitrogen and oxygen atoms in total. The van der Waals surface area contributed by atoms with Crippen molar-refractivity contribution in [3.63, 3.8) is 0 Å². The molecular formula is C7H12N2W.